The van der Waals surface area contributed by atoms with Gasteiger partial charge in [-0.15, -0.1) is 0 Å². The van der Waals surface area contributed by atoms with Crippen LogP contribution in [0.5, 0.6) is 0 Å². The van der Waals surface area contributed by atoms with Crippen LogP contribution in [0, 0.1) is 6.92 Å². The first-order chi connectivity index (χ1) is 8.29. The standard InChI is InChI=1S/C13H14N4/c1-8-12(11-7-15-13(14-2)17-11)9-5-3-4-6-10(9)16-8/h3-7,16H,1-2H3,(H2,14,15,17). The minimum Gasteiger partial charge on any atom is -0.359 e. The van der Waals surface area contributed by atoms with E-state index >= 15 is 0 Å². The van der Waals surface area contributed by atoms with Gasteiger partial charge in [-0.3, -0.25) is 0 Å². The minimum atomic E-state index is 0.782. The van der Waals surface area contributed by atoms with Crippen molar-refractivity contribution < 1.29 is 0 Å². The van der Waals surface area contributed by atoms with Crippen molar-refractivity contribution in [3.8, 4) is 11.3 Å². The van der Waals surface area contributed by atoms with Gasteiger partial charge in [-0.25, -0.2) is 4.98 Å². The molecule has 0 radical (unpaired) electrons. The Morgan fingerprint density at radius 1 is 1.18 bits per heavy atom. The maximum absolute atomic E-state index is 4.26. The first-order valence-electron chi connectivity index (χ1n) is 5.60. The number of aromatic amines is 2. The van der Waals surface area contributed by atoms with Gasteiger partial charge in [0, 0.05) is 29.2 Å². The van der Waals surface area contributed by atoms with Crippen LogP contribution in [0.25, 0.3) is 22.2 Å². The lowest BCUT2D eigenvalue weighted by molar-refractivity contribution is 1.25. The third-order valence-electron chi connectivity index (χ3n) is 2.98. The molecule has 0 aliphatic rings. The molecule has 3 aromatic rings. The summed E-state index contributed by atoms with van der Waals surface area (Å²) in [6.45, 7) is 2.08. The number of hydrogen-bond acceptors (Lipinski definition) is 2. The fraction of sp³-hybridized carbons (Fsp3) is 0.154. The van der Waals surface area contributed by atoms with Crippen molar-refractivity contribution in [3.05, 3.63) is 36.2 Å². The lowest BCUT2D eigenvalue weighted by Crippen LogP contribution is -1.89. The van der Waals surface area contributed by atoms with E-state index in [2.05, 4.69) is 45.4 Å². The highest BCUT2D eigenvalue weighted by molar-refractivity contribution is 5.96. The van der Waals surface area contributed by atoms with Gasteiger partial charge in [-0.1, -0.05) is 18.2 Å². The van der Waals surface area contributed by atoms with E-state index in [-0.39, 0.29) is 0 Å². The van der Waals surface area contributed by atoms with Crippen LogP contribution in [0.4, 0.5) is 5.95 Å². The van der Waals surface area contributed by atoms with E-state index in [0.717, 1.165) is 22.9 Å². The molecule has 0 unspecified atom stereocenters. The summed E-state index contributed by atoms with van der Waals surface area (Å²) in [6.07, 6.45) is 1.86. The number of nitrogens with zero attached hydrogens (tertiary/aromatic N) is 1. The molecule has 2 aromatic heterocycles. The van der Waals surface area contributed by atoms with Crippen LogP contribution in [0.3, 0.4) is 0 Å². The maximum Gasteiger partial charge on any atom is 0.200 e. The molecule has 0 aliphatic heterocycles. The van der Waals surface area contributed by atoms with E-state index in [9.17, 15) is 0 Å². The van der Waals surface area contributed by atoms with E-state index < -0.39 is 0 Å². The van der Waals surface area contributed by atoms with Crippen LogP contribution >= 0.6 is 0 Å². The second-order valence-electron chi connectivity index (χ2n) is 4.07. The van der Waals surface area contributed by atoms with E-state index in [1.54, 1.807) is 0 Å². The smallest absolute Gasteiger partial charge is 0.200 e. The van der Waals surface area contributed by atoms with Gasteiger partial charge in [0.15, 0.2) is 5.95 Å². The summed E-state index contributed by atoms with van der Waals surface area (Å²) >= 11 is 0. The van der Waals surface area contributed by atoms with Gasteiger partial charge < -0.3 is 15.3 Å². The summed E-state index contributed by atoms with van der Waals surface area (Å²) in [5.74, 6) is 0.782. The molecule has 0 bridgehead atoms. The van der Waals surface area contributed by atoms with Crippen LogP contribution < -0.4 is 5.32 Å². The topological polar surface area (TPSA) is 56.5 Å². The lowest BCUT2D eigenvalue weighted by atomic mass is 10.1. The number of H-pyrrole nitrogens is 2. The predicted molar refractivity (Wildman–Crippen MR) is 70.2 cm³/mol. The van der Waals surface area contributed by atoms with Crippen molar-refractivity contribution in [1.29, 1.82) is 0 Å². The molecule has 0 amide bonds. The zero-order chi connectivity index (χ0) is 11.8. The summed E-state index contributed by atoms with van der Waals surface area (Å²) in [6, 6.07) is 8.29. The van der Waals surface area contributed by atoms with Crippen molar-refractivity contribution in [3.63, 3.8) is 0 Å². The Morgan fingerprint density at radius 2 is 2.00 bits per heavy atom. The molecular formula is C13H14N4. The Hall–Kier alpha value is -2.23. The van der Waals surface area contributed by atoms with E-state index in [4.69, 9.17) is 0 Å². The lowest BCUT2D eigenvalue weighted by Gasteiger charge is -1.97. The zero-order valence-corrected chi connectivity index (χ0v) is 9.83. The zero-order valence-electron chi connectivity index (χ0n) is 9.83. The fourth-order valence-corrected chi connectivity index (χ4v) is 2.20. The number of benzene rings is 1. The number of imidazole rings is 1. The maximum atomic E-state index is 4.26. The average Bonchev–Trinajstić information content (AvgIpc) is 2.91. The molecule has 4 nitrogen and oxygen atoms in total. The summed E-state index contributed by atoms with van der Waals surface area (Å²) < 4.78 is 0. The average molecular weight is 226 g/mol. The molecule has 0 fully saturated rings. The summed E-state index contributed by atoms with van der Waals surface area (Å²) in [5.41, 5.74) is 4.53. The van der Waals surface area contributed by atoms with Crippen molar-refractivity contribution in [2.45, 2.75) is 6.92 Å². The number of para-hydroxylation sites is 1. The number of fused-ring (bicyclic) bond motifs is 1. The predicted octanol–water partition coefficient (Wildman–Crippen LogP) is 2.91. The Labute approximate surface area is 99.1 Å². The van der Waals surface area contributed by atoms with Crippen molar-refractivity contribution in [1.82, 2.24) is 15.0 Å². The first-order valence-corrected chi connectivity index (χ1v) is 5.60. The van der Waals surface area contributed by atoms with Crippen LogP contribution in [0.1, 0.15) is 5.69 Å². The Bertz CT molecular complexity index is 663. The quantitative estimate of drug-likeness (QED) is 0.629. The molecule has 0 atom stereocenters. The molecule has 4 heteroatoms. The highest BCUT2D eigenvalue weighted by Gasteiger charge is 2.11. The summed E-state index contributed by atoms with van der Waals surface area (Å²) in [4.78, 5) is 10.9. The third-order valence-corrected chi connectivity index (χ3v) is 2.98. The summed E-state index contributed by atoms with van der Waals surface area (Å²) in [5, 5.41) is 4.22. The van der Waals surface area contributed by atoms with E-state index in [1.807, 2.05) is 19.3 Å². The number of hydrogen-bond donors (Lipinski definition) is 3. The molecule has 0 saturated heterocycles. The van der Waals surface area contributed by atoms with Crippen LogP contribution in [-0.4, -0.2) is 22.0 Å². The minimum absolute atomic E-state index is 0.782. The normalized spacial score (nSPS) is 10.9. The Kier molecular flexibility index (Phi) is 2.14. The molecule has 1 aromatic carbocycles. The van der Waals surface area contributed by atoms with Gasteiger partial charge in [-0.2, -0.15) is 0 Å². The van der Waals surface area contributed by atoms with E-state index in [1.165, 1.54) is 10.9 Å². The molecule has 0 aliphatic carbocycles. The Balaban J connectivity index is 2.25. The third kappa shape index (κ3) is 1.49. The van der Waals surface area contributed by atoms with E-state index in [0.29, 0.717) is 0 Å². The molecule has 2 heterocycles. The molecular weight excluding hydrogens is 212 g/mol. The summed E-state index contributed by atoms with van der Waals surface area (Å²) in [7, 11) is 1.85. The molecule has 0 spiro atoms. The van der Waals surface area contributed by atoms with Crippen molar-refractivity contribution in [2.24, 2.45) is 0 Å². The second kappa shape index (κ2) is 3.66. The SMILES string of the molecule is CNc1ncc(-c2c(C)[nH]c3ccccc23)[nH]1. The second-order valence-corrected chi connectivity index (χ2v) is 4.07. The molecule has 3 rings (SSSR count). The van der Waals surface area contributed by atoms with Crippen LogP contribution in [0.15, 0.2) is 30.5 Å². The van der Waals surface area contributed by atoms with Gasteiger partial charge in [0.05, 0.1) is 11.9 Å². The molecule has 3 N–H and O–H groups in total. The fourth-order valence-electron chi connectivity index (χ4n) is 2.20. The largest absolute Gasteiger partial charge is 0.359 e. The molecule has 0 saturated carbocycles. The van der Waals surface area contributed by atoms with Gasteiger partial charge in [0.25, 0.3) is 0 Å². The van der Waals surface area contributed by atoms with Crippen LogP contribution in [-0.2, 0) is 0 Å². The van der Waals surface area contributed by atoms with Crippen molar-refractivity contribution >= 4 is 16.9 Å². The number of nitrogens with one attached hydrogen (secondary N) is 3. The molecule has 17 heavy (non-hydrogen) atoms. The first kappa shape index (κ1) is 9.96. The number of aryl methyl sites for hydroxylation is 1. The van der Waals surface area contributed by atoms with Gasteiger partial charge in [0.2, 0.25) is 0 Å². The van der Waals surface area contributed by atoms with Gasteiger partial charge >= 0.3 is 0 Å². The van der Waals surface area contributed by atoms with Gasteiger partial charge in [-0.05, 0) is 13.0 Å². The highest BCUT2D eigenvalue weighted by Crippen LogP contribution is 2.31. The number of aromatic nitrogens is 3. The van der Waals surface area contributed by atoms with Gasteiger partial charge in [0.1, 0.15) is 0 Å². The monoisotopic (exact) mass is 226 g/mol. The van der Waals surface area contributed by atoms with Crippen molar-refractivity contribution in [2.75, 3.05) is 12.4 Å². The number of rotatable bonds is 2. The Morgan fingerprint density at radius 3 is 2.76 bits per heavy atom. The highest BCUT2D eigenvalue weighted by atomic mass is 15.1. The molecule has 86 valence electrons. The van der Waals surface area contributed by atoms with Crippen LogP contribution in [0.2, 0.25) is 0 Å². The number of anilines is 1.